The first-order chi connectivity index (χ1) is 10.2. The number of benzene rings is 1. The standard InChI is InChI=1S/C18H27ClFN/c1-2-21-16(12-11-14-7-4-3-5-8-14)13-15-9-6-10-17(19)18(15)20/h6,9-10,14,16,21H,2-5,7-8,11-13H2,1H3. The second-order valence-corrected chi connectivity index (χ2v) is 6.66. The third kappa shape index (κ3) is 5.27. The maximum absolute atomic E-state index is 14.0. The van der Waals surface area contributed by atoms with Crippen LogP contribution in [0.2, 0.25) is 5.02 Å². The van der Waals surface area contributed by atoms with Crippen LogP contribution in [-0.4, -0.2) is 12.6 Å². The molecule has 2 rings (SSSR count). The average Bonchev–Trinajstić information content (AvgIpc) is 2.50. The maximum Gasteiger partial charge on any atom is 0.145 e. The first-order valence-corrected chi connectivity index (χ1v) is 8.74. The minimum atomic E-state index is -0.250. The molecule has 1 atom stereocenters. The molecule has 1 unspecified atom stereocenters. The van der Waals surface area contributed by atoms with Gasteiger partial charge < -0.3 is 5.32 Å². The summed E-state index contributed by atoms with van der Waals surface area (Å²) < 4.78 is 14.0. The van der Waals surface area contributed by atoms with Gasteiger partial charge in [0.05, 0.1) is 5.02 Å². The van der Waals surface area contributed by atoms with Gasteiger partial charge in [0.25, 0.3) is 0 Å². The lowest BCUT2D eigenvalue weighted by atomic mass is 9.84. The lowest BCUT2D eigenvalue weighted by Gasteiger charge is -2.25. The van der Waals surface area contributed by atoms with E-state index in [2.05, 4.69) is 12.2 Å². The minimum Gasteiger partial charge on any atom is -0.314 e. The lowest BCUT2D eigenvalue weighted by Crippen LogP contribution is -2.32. The normalized spacial score (nSPS) is 17.9. The van der Waals surface area contributed by atoms with Crippen LogP contribution in [0.1, 0.15) is 57.4 Å². The Hall–Kier alpha value is -0.600. The second kappa shape index (κ2) is 8.75. The van der Waals surface area contributed by atoms with Crippen molar-refractivity contribution in [2.45, 2.75) is 64.3 Å². The van der Waals surface area contributed by atoms with Crippen LogP contribution in [0.25, 0.3) is 0 Å². The molecule has 1 nitrogen and oxygen atoms in total. The van der Waals surface area contributed by atoms with Crippen molar-refractivity contribution in [3.8, 4) is 0 Å². The summed E-state index contributed by atoms with van der Waals surface area (Å²) in [6.07, 6.45) is 10.1. The monoisotopic (exact) mass is 311 g/mol. The van der Waals surface area contributed by atoms with Crippen LogP contribution in [0.3, 0.4) is 0 Å². The summed E-state index contributed by atoms with van der Waals surface area (Å²) in [4.78, 5) is 0. The number of likely N-dealkylation sites (N-methyl/N-ethyl adjacent to an activating group) is 1. The summed E-state index contributed by atoms with van der Waals surface area (Å²) in [5, 5.41) is 3.74. The number of rotatable bonds is 7. The SMILES string of the molecule is CCNC(CCC1CCCCC1)Cc1cccc(Cl)c1F. The third-order valence-electron chi connectivity index (χ3n) is 4.64. The van der Waals surface area contributed by atoms with Crippen molar-refractivity contribution in [2.24, 2.45) is 5.92 Å². The van der Waals surface area contributed by atoms with Crippen LogP contribution < -0.4 is 5.32 Å². The van der Waals surface area contributed by atoms with Gasteiger partial charge in [0.15, 0.2) is 0 Å². The molecule has 0 aliphatic heterocycles. The molecule has 1 fully saturated rings. The fourth-order valence-corrected chi connectivity index (χ4v) is 3.64. The zero-order valence-corrected chi connectivity index (χ0v) is 13.8. The third-order valence-corrected chi connectivity index (χ3v) is 4.93. The van der Waals surface area contributed by atoms with Crippen molar-refractivity contribution >= 4 is 11.6 Å². The molecular formula is C18H27ClFN. The van der Waals surface area contributed by atoms with E-state index in [-0.39, 0.29) is 10.8 Å². The van der Waals surface area contributed by atoms with Gasteiger partial charge in [-0.15, -0.1) is 0 Å². The van der Waals surface area contributed by atoms with E-state index < -0.39 is 0 Å². The highest BCUT2D eigenvalue weighted by molar-refractivity contribution is 6.30. The molecule has 118 valence electrons. The fraction of sp³-hybridized carbons (Fsp3) is 0.667. The molecule has 0 heterocycles. The molecule has 1 aliphatic carbocycles. The van der Waals surface area contributed by atoms with Crippen molar-refractivity contribution in [3.05, 3.63) is 34.6 Å². The summed E-state index contributed by atoms with van der Waals surface area (Å²) in [5.74, 6) is 0.629. The van der Waals surface area contributed by atoms with Crippen LogP contribution in [0.4, 0.5) is 4.39 Å². The summed E-state index contributed by atoms with van der Waals surface area (Å²) in [5.41, 5.74) is 0.733. The molecule has 0 aromatic heterocycles. The molecule has 1 aromatic carbocycles. The van der Waals surface area contributed by atoms with E-state index >= 15 is 0 Å². The summed E-state index contributed by atoms with van der Waals surface area (Å²) in [6, 6.07) is 5.66. The molecule has 1 aliphatic rings. The minimum absolute atomic E-state index is 0.232. The van der Waals surface area contributed by atoms with Gasteiger partial charge in [0.2, 0.25) is 0 Å². The molecule has 1 N–H and O–H groups in total. The van der Waals surface area contributed by atoms with E-state index in [1.54, 1.807) is 6.07 Å². The molecule has 0 radical (unpaired) electrons. The van der Waals surface area contributed by atoms with Gasteiger partial charge in [0.1, 0.15) is 5.82 Å². The van der Waals surface area contributed by atoms with Gasteiger partial charge in [-0.05, 0) is 43.4 Å². The lowest BCUT2D eigenvalue weighted by molar-refractivity contribution is 0.312. The molecule has 0 bridgehead atoms. The van der Waals surface area contributed by atoms with Gasteiger partial charge in [-0.3, -0.25) is 0 Å². The van der Waals surface area contributed by atoms with Crippen molar-refractivity contribution in [1.82, 2.24) is 5.32 Å². The topological polar surface area (TPSA) is 12.0 Å². The van der Waals surface area contributed by atoms with E-state index in [1.807, 2.05) is 12.1 Å². The van der Waals surface area contributed by atoms with E-state index in [1.165, 1.54) is 38.5 Å². The highest BCUT2D eigenvalue weighted by Crippen LogP contribution is 2.28. The molecule has 0 spiro atoms. The van der Waals surface area contributed by atoms with Crippen LogP contribution in [0.15, 0.2) is 18.2 Å². The van der Waals surface area contributed by atoms with Crippen LogP contribution in [0, 0.1) is 11.7 Å². The predicted molar refractivity (Wildman–Crippen MR) is 88.4 cm³/mol. The molecular weight excluding hydrogens is 285 g/mol. The molecule has 0 amide bonds. The summed E-state index contributed by atoms with van der Waals surface area (Å²) in [7, 11) is 0. The molecule has 1 saturated carbocycles. The fourth-order valence-electron chi connectivity index (χ4n) is 3.45. The van der Waals surface area contributed by atoms with E-state index in [0.717, 1.165) is 30.9 Å². The van der Waals surface area contributed by atoms with E-state index in [9.17, 15) is 4.39 Å². The highest BCUT2D eigenvalue weighted by Gasteiger charge is 2.17. The zero-order valence-electron chi connectivity index (χ0n) is 13.0. The Kier molecular flexibility index (Phi) is 6.98. The Bertz CT molecular complexity index is 429. The largest absolute Gasteiger partial charge is 0.314 e. The number of halogens is 2. The molecule has 21 heavy (non-hydrogen) atoms. The van der Waals surface area contributed by atoms with Gasteiger partial charge in [-0.1, -0.05) is 62.8 Å². The van der Waals surface area contributed by atoms with E-state index in [0.29, 0.717) is 6.04 Å². The predicted octanol–water partition coefficient (Wildman–Crippen LogP) is 5.36. The molecule has 1 aromatic rings. The van der Waals surface area contributed by atoms with Crippen molar-refractivity contribution in [2.75, 3.05) is 6.54 Å². The Balaban J connectivity index is 1.90. The first kappa shape index (κ1) is 16.8. The quantitative estimate of drug-likeness (QED) is 0.714. The van der Waals surface area contributed by atoms with Crippen molar-refractivity contribution in [1.29, 1.82) is 0 Å². The zero-order chi connectivity index (χ0) is 15.1. The summed E-state index contributed by atoms with van der Waals surface area (Å²) >= 11 is 5.88. The highest BCUT2D eigenvalue weighted by atomic mass is 35.5. The number of hydrogen-bond donors (Lipinski definition) is 1. The van der Waals surface area contributed by atoms with E-state index in [4.69, 9.17) is 11.6 Å². The van der Waals surface area contributed by atoms with Gasteiger partial charge in [-0.2, -0.15) is 0 Å². The Morgan fingerprint density at radius 3 is 2.76 bits per heavy atom. The van der Waals surface area contributed by atoms with Crippen LogP contribution >= 0.6 is 11.6 Å². The smallest absolute Gasteiger partial charge is 0.145 e. The Labute approximate surface area is 133 Å². The number of hydrogen-bond acceptors (Lipinski definition) is 1. The number of nitrogens with one attached hydrogen (secondary N) is 1. The second-order valence-electron chi connectivity index (χ2n) is 6.25. The van der Waals surface area contributed by atoms with Crippen LogP contribution in [-0.2, 0) is 6.42 Å². The molecule has 3 heteroatoms. The van der Waals surface area contributed by atoms with Crippen molar-refractivity contribution in [3.63, 3.8) is 0 Å². The summed E-state index contributed by atoms with van der Waals surface area (Å²) in [6.45, 7) is 3.04. The van der Waals surface area contributed by atoms with Crippen molar-refractivity contribution < 1.29 is 4.39 Å². The first-order valence-electron chi connectivity index (χ1n) is 8.37. The van der Waals surface area contributed by atoms with Gasteiger partial charge in [-0.25, -0.2) is 4.39 Å². The molecule has 0 saturated heterocycles. The van der Waals surface area contributed by atoms with Gasteiger partial charge >= 0.3 is 0 Å². The Morgan fingerprint density at radius 2 is 2.05 bits per heavy atom. The average molecular weight is 312 g/mol. The van der Waals surface area contributed by atoms with Crippen LogP contribution in [0.5, 0.6) is 0 Å². The maximum atomic E-state index is 14.0. The Morgan fingerprint density at radius 1 is 1.29 bits per heavy atom. The van der Waals surface area contributed by atoms with Gasteiger partial charge in [0, 0.05) is 6.04 Å².